The maximum Gasteiger partial charge on any atom is 0.0342 e. The van der Waals surface area contributed by atoms with E-state index in [0.717, 1.165) is 0 Å². The second kappa shape index (κ2) is 2.51. The number of rotatable bonds is 1. The Labute approximate surface area is 70.1 Å². The minimum Gasteiger partial charge on any atom is -0.144 e. The number of hydrogen-bond acceptors (Lipinski definition) is 1. The van der Waals surface area contributed by atoms with E-state index in [1.165, 1.54) is 16.0 Å². The van der Waals surface area contributed by atoms with Crippen LogP contribution in [-0.4, -0.2) is 0 Å². The summed E-state index contributed by atoms with van der Waals surface area (Å²) in [5, 5.41) is 2.10. The van der Waals surface area contributed by atoms with E-state index in [0.29, 0.717) is 0 Å². The van der Waals surface area contributed by atoms with Crippen LogP contribution in [0.2, 0.25) is 0 Å². The van der Waals surface area contributed by atoms with Crippen molar-refractivity contribution in [2.45, 2.75) is 0 Å². The van der Waals surface area contributed by atoms with Crippen molar-refractivity contribution in [3.63, 3.8) is 0 Å². The Hall–Kier alpha value is -1.08. The normalized spacial score (nSPS) is 10.2. The van der Waals surface area contributed by atoms with E-state index < -0.39 is 0 Å². The van der Waals surface area contributed by atoms with Crippen LogP contribution in [0.15, 0.2) is 36.2 Å². The van der Waals surface area contributed by atoms with Crippen LogP contribution < -0.4 is 0 Å². The number of hydrogen-bond donors (Lipinski definition) is 0. The summed E-state index contributed by atoms with van der Waals surface area (Å²) in [4.78, 5) is 1.26. The lowest BCUT2D eigenvalue weighted by molar-refractivity contribution is 1.81. The second-order valence-corrected chi connectivity index (χ2v) is 3.33. The number of fused-ring (bicyclic) bond motifs is 1. The van der Waals surface area contributed by atoms with Gasteiger partial charge in [-0.3, -0.25) is 0 Å². The SMILES string of the molecule is C=Cc1sccc2cccc1-2. The van der Waals surface area contributed by atoms with Crippen molar-refractivity contribution in [2.24, 2.45) is 0 Å². The third-order valence-electron chi connectivity index (χ3n) is 1.74. The topological polar surface area (TPSA) is 0 Å². The highest BCUT2D eigenvalue weighted by atomic mass is 32.1. The molecule has 0 bridgehead atoms. The molecule has 0 unspecified atom stereocenters. The largest absolute Gasteiger partial charge is 0.144 e. The Bertz CT molecular complexity index is 346. The minimum absolute atomic E-state index is 1.26. The van der Waals surface area contributed by atoms with Crippen molar-refractivity contribution in [1.29, 1.82) is 0 Å². The molecule has 0 radical (unpaired) electrons. The van der Waals surface area contributed by atoms with Crippen molar-refractivity contribution < 1.29 is 0 Å². The summed E-state index contributed by atoms with van der Waals surface area (Å²) in [5.41, 5.74) is 2.62. The molecule has 1 aliphatic heterocycles. The van der Waals surface area contributed by atoms with E-state index in [4.69, 9.17) is 0 Å². The van der Waals surface area contributed by atoms with Crippen LogP contribution in [0.25, 0.3) is 17.2 Å². The van der Waals surface area contributed by atoms with Gasteiger partial charge in [0.05, 0.1) is 0 Å². The van der Waals surface area contributed by atoms with Crippen molar-refractivity contribution in [2.75, 3.05) is 0 Å². The van der Waals surface area contributed by atoms with Crippen molar-refractivity contribution in [1.82, 2.24) is 0 Å². The summed E-state index contributed by atoms with van der Waals surface area (Å²) in [5.74, 6) is 0. The molecule has 0 aromatic rings. The van der Waals surface area contributed by atoms with Gasteiger partial charge in [-0.1, -0.05) is 30.9 Å². The molecule has 1 aliphatic carbocycles. The minimum atomic E-state index is 1.26. The average Bonchev–Trinajstić information content (AvgIpc) is 2.50. The highest BCUT2D eigenvalue weighted by molar-refractivity contribution is 7.11. The summed E-state index contributed by atoms with van der Waals surface area (Å²) in [6, 6.07) is 8.45. The van der Waals surface area contributed by atoms with Gasteiger partial charge in [0.15, 0.2) is 0 Å². The first-order chi connectivity index (χ1) is 5.42. The fourth-order valence-electron chi connectivity index (χ4n) is 1.21. The third-order valence-corrected chi connectivity index (χ3v) is 2.66. The monoisotopic (exact) mass is 160 g/mol. The zero-order valence-electron chi connectivity index (χ0n) is 6.08. The Morgan fingerprint density at radius 2 is 2.18 bits per heavy atom. The van der Waals surface area contributed by atoms with Gasteiger partial charge in [0.25, 0.3) is 0 Å². The van der Waals surface area contributed by atoms with Gasteiger partial charge in [-0.2, -0.15) is 0 Å². The highest BCUT2D eigenvalue weighted by Crippen LogP contribution is 2.30. The molecule has 0 saturated heterocycles. The van der Waals surface area contributed by atoms with Gasteiger partial charge in [-0.25, -0.2) is 0 Å². The average molecular weight is 160 g/mol. The summed E-state index contributed by atoms with van der Waals surface area (Å²) in [6.07, 6.45) is 1.91. The Kier molecular flexibility index (Phi) is 1.51. The first-order valence-corrected chi connectivity index (χ1v) is 4.38. The van der Waals surface area contributed by atoms with Crippen LogP contribution in [0.5, 0.6) is 0 Å². The summed E-state index contributed by atoms with van der Waals surface area (Å²) >= 11 is 1.73. The fourth-order valence-corrected chi connectivity index (χ4v) is 1.98. The van der Waals surface area contributed by atoms with Gasteiger partial charge in [0, 0.05) is 4.88 Å². The molecule has 2 aliphatic rings. The lowest BCUT2D eigenvalue weighted by atomic mass is 10.1. The maximum atomic E-state index is 3.77. The molecule has 2 rings (SSSR count). The van der Waals surface area contributed by atoms with Crippen molar-refractivity contribution in [3.8, 4) is 11.1 Å². The lowest BCUT2D eigenvalue weighted by Crippen LogP contribution is -1.73. The zero-order chi connectivity index (χ0) is 7.68. The molecule has 1 heterocycles. The lowest BCUT2D eigenvalue weighted by Gasteiger charge is -2.00. The highest BCUT2D eigenvalue weighted by Gasteiger charge is 2.03. The fraction of sp³-hybridized carbons (Fsp3) is 0. The molecule has 0 nitrogen and oxygen atoms in total. The van der Waals surface area contributed by atoms with Gasteiger partial charge in [-0.15, -0.1) is 11.3 Å². The predicted molar refractivity (Wildman–Crippen MR) is 51.0 cm³/mol. The molecule has 0 amide bonds. The Morgan fingerprint density at radius 3 is 3.00 bits per heavy atom. The molecule has 0 aromatic heterocycles. The quantitative estimate of drug-likeness (QED) is 0.599. The Balaban J connectivity index is 2.75. The van der Waals surface area contributed by atoms with Crippen LogP contribution >= 0.6 is 11.3 Å². The molecule has 0 fully saturated rings. The van der Waals surface area contributed by atoms with Crippen LogP contribution in [0.4, 0.5) is 0 Å². The second-order valence-electron chi connectivity index (χ2n) is 2.38. The molecule has 1 heteroatoms. The first kappa shape index (κ1) is 6.62. The van der Waals surface area contributed by atoms with E-state index in [1.807, 2.05) is 6.08 Å². The van der Waals surface area contributed by atoms with Crippen molar-refractivity contribution >= 4 is 17.4 Å². The van der Waals surface area contributed by atoms with E-state index in [2.05, 4.69) is 36.2 Å². The molecular weight excluding hydrogens is 152 g/mol. The van der Waals surface area contributed by atoms with E-state index in [9.17, 15) is 0 Å². The van der Waals surface area contributed by atoms with Crippen molar-refractivity contribution in [3.05, 3.63) is 41.1 Å². The Morgan fingerprint density at radius 1 is 1.27 bits per heavy atom. The molecule has 0 atom stereocenters. The molecule has 11 heavy (non-hydrogen) atoms. The molecule has 0 spiro atoms. The smallest absolute Gasteiger partial charge is 0.0342 e. The van der Waals surface area contributed by atoms with E-state index in [-0.39, 0.29) is 0 Å². The van der Waals surface area contributed by atoms with Gasteiger partial charge < -0.3 is 0 Å². The molecule has 0 aromatic carbocycles. The summed E-state index contributed by atoms with van der Waals surface area (Å²) in [6.45, 7) is 3.77. The van der Waals surface area contributed by atoms with Gasteiger partial charge in [0.2, 0.25) is 0 Å². The van der Waals surface area contributed by atoms with Gasteiger partial charge in [0.1, 0.15) is 0 Å². The molecule has 54 valence electrons. The van der Waals surface area contributed by atoms with Crippen LogP contribution in [-0.2, 0) is 0 Å². The predicted octanol–water partition coefficient (Wildman–Crippen LogP) is 3.50. The summed E-state index contributed by atoms with van der Waals surface area (Å²) in [7, 11) is 0. The molecule has 0 saturated carbocycles. The van der Waals surface area contributed by atoms with E-state index in [1.54, 1.807) is 11.3 Å². The summed E-state index contributed by atoms with van der Waals surface area (Å²) < 4.78 is 0. The molecule has 0 N–H and O–H groups in total. The van der Waals surface area contributed by atoms with Crippen LogP contribution in [0, 0.1) is 0 Å². The van der Waals surface area contributed by atoms with Gasteiger partial charge >= 0.3 is 0 Å². The van der Waals surface area contributed by atoms with E-state index >= 15 is 0 Å². The van der Waals surface area contributed by atoms with Crippen LogP contribution in [0.3, 0.4) is 0 Å². The van der Waals surface area contributed by atoms with Crippen LogP contribution in [0.1, 0.15) is 4.88 Å². The molecular formula is C10H8S. The maximum absolute atomic E-state index is 3.77. The van der Waals surface area contributed by atoms with Gasteiger partial charge in [-0.05, 0) is 22.6 Å². The zero-order valence-corrected chi connectivity index (χ0v) is 6.90. The first-order valence-electron chi connectivity index (χ1n) is 3.50. The third kappa shape index (κ3) is 0.976. The standard InChI is InChI=1S/C10H8S/c1-2-10-9-5-3-4-8(9)6-7-11-10/h2-7H,1H2.